The number of benzene rings is 1. The van der Waals surface area contributed by atoms with Gasteiger partial charge in [-0.1, -0.05) is 6.92 Å². The Bertz CT molecular complexity index is 589. The van der Waals surface area contributed by atoms with Gasteiger partial charge >= 0.3 is 0 Å². The number of hydrogen-bond acceptors (Lipinski definition) is 4. The molecule has 0 bridgehead atoms. The minimum atomic E-state index is -0.00699. The van der Waals surface area contributed by atoms with Crippen molar-refractivity contribution in [2.24, 2.45) is 0 Å². The van der Waals surface area contributed by atoms with E-state index >= 15 is 0 Å². The number of nitrogens with zero attached hydrogens (tertiary/aromatic N) is 2. The standard InChI is InChI=1S/C15H16N4O/c1-3-4-15(20)19-14-6-5-13(7-11(14)2)18-10-12(8-16)9-17/h5-7,10,18H,3-4H2,1-2H3,(H,19,20). The Kier molecular flexibility index (Phi) is 5.80. The molecule has 0 aromatic heterocycles. The highest BCUT2D eigenvalue weighted by Gasteiger charge is 2.04. The van der Waals surface area contributed by atoms with Gasteiger partial charge in [-0.2, -0.15) is 10.5 Å². The summed E-state index contributed by atoms with van der Waals surface area (Å²) in [6.07, 6.45) is 2.65. The van der Waals surface area contributed by atoms with Gasteiger partial charge in [0.05, 0.1) is 0 Å². The van der Waals surface area contributed by atoms with Crippen LogP contribution >= 0.6 is 0 Å². The summed E-state index contributed by atoms with van der Waals surface area (Å²) in [7, 11) is 0. The fourth-order valence-electron chi connectivity index (χ4n) is 1.58. The first kappa shape index (κ1) is 15.3. The van der Waals surface area contributed by atoms with E-state index in [0.29, 0.717) is 6.42 Å². The van der Waals surface area contributed by atoms with Gasteiger partial charge in [0.25, 0.3) is 0 Å². The molecule has 0 heterocycles. The third-order valence-electron chi connectivity index (χ3n) is 2.60. The van der Waals surface area contributed by atoms with Crippen molar-refractivity contribution in [2.45, 2.75) is 26.7 Å². The normalized spacial score (nSPS) is 9.00. The second-order valence-corrected chi connectivity index (χ2v) is 4.25. The van der Waals surface area contributed by atoms with Crippen LogP contribution in [0.1, 0.15) is 25.3 Å². The SMILES string of the molecule is CCCC(=O)Nc1ccc(NC=C(C#N)C#N)cc1C. The van der Waals surface area contributed by atoms with Crippen LogP contribution in [-0.4, -0.2) is 5.91 Å². The number of hydrogen-bond donors (Lipinski definition) is 2. The molecule has 0 radical (unpaired) electrons. The van der Waals surface area contributed by atoms with E-state index in [-0.39, 0.29) is 11.5 Å². The molecule has 0 aliphatic carbocycles. The van der Waals surface area contributed by atoms with Crippen LogP contribution in [0.25, 0.3) is 0 Å². The number of nitrogens with one attached hydrogen (secondary N) is 2. The molecule has 0 saturated heterocycles. The van der Waals surface area contributed by atoms with Gasteiger partial charge in [-0.3, -0.25) is 4.79 Å². The van der Waals surface area contributed by atoms with E-state index in [2.05, 4.69) is 10.6 Å². The Balaban J connectivity index is 2.79. The minimum absolute atomic E-state index is 0.00276. The first-order chi connectivity index (χ1) is 9.60. The van der Waals surface area contributed by atoms with Crippen LogP contribution in [0.4, 0.5) is 11.4 Å². The highest BCUT2D eigenvalue weighted by Crippen LogP contribution is 2.20. The summed E-state index contributed by atoms with van der Waals surface area (Å²) in [5.74, 6) is -0.00699. The van der Waals surface area contributed by atoms with E-state index in [1.54, 1.807) is 24.3 Å². The lowest BCUT2D eigenvalue weighted by atomic mass is 10.1. The highest BCUT2D eigenvalue weighted by molar-refractivity contribution is 5.91. The maximum absolute atomic E-state index is 11.5. The van der Waals surface area contributed by atoms with Gasteiger partial charge in [-0.15, -0.1) is 0 Å². The van der Waals surface area contributed by atoms with Gasteiger partial charge in [-0.05, 0) is 37.1 Å². The monoisotopic (exact) mass is 268 g/mol. The van der Waals surface area contributed by atoms with Gasteiger partial charge in [0, 0.05) is 24.0 Å². The van der Waals surface area contributed by atoms with Crippen molar-refractivity contribution >= 4 is 17.3 Å². The lowest BCUT2D eigenvalue weighted by Gasteiger charge is -2.10. The number of nitriles is 2. The highest BCUT2D eigenvalue weighted by atomic mass is 16.1. The molecule has 0 atom stereocenters. The number of carbonyl (C=O) groups excluding carboxylic acids is 1. The van der Waals surface area contributed by atoms with Crippen LogP contribution < -0.4 is 10.6 Å². The molecule has 102 valence electrons. The molecule has 20 heavy (non-hydrogen) atoms. The van der Waals surface area contributed by atoms with Crippen LogP contribution in [0, 0.1) is 29.6 Å². The largest absolute Gasteiger partial charge is 0.360 e. The average molecular weight is 268 g/mol. The summed E-state index contributed by atoms with van der Waals surface area (Å²) in [5, 5.41) is 23.0. The van der Waals surface area contributed by atoms with E-state index in [9.17, 15) is 4.79 Å². The molecular weight excluding hydrogens is 252 g/mol. The first-order valence-corrected chi connectivity index (χ1v) is 6.28. The van der Waals surface area contributed by atoms with E-state index in [1.807, 2.05) is 19.9 Å². The molecule has 5 heteroatoms. The van der Waals surface area contributed by atoms with Crippen molar-refractivity contribution < 1.29 is 4.79 Å². The summed E-state index contributed by atoms with van der Waals surface area (Å²) in [5.41, 5.74) is 2.42. The molecule has 0 aliphatic rings. The van der Waals surface area contributed by atoms with Gasteiger partial charge in [0.15, 0.2) is 0 Å². The van der Waals surface area contributed by atoms with Crippen molar-refractivity contribution in [3.8, 4) is 12.1 Å². The van der Waals surface area contributed by atoms with Crippen molar-refractivity contribution in [1.29, 1.82) is 10.5 Å². The predicted molar refractivity (Wildman–Crippen MR) is 77.6 cm³/mol. The van der Waals surface area contributed by atoms with Gasteiger partial charge in [0.1, 0.15) is 17.7 Å². The smallest absolute Gasteiger partial charge is 0.224 e. The number of anilines is 2. The molecular formula is C15H16N4O. The molecule has 1 aromatic rings. The molecule has 1 rings (SSSR count). The molecule has 0 spiro atoms. The summed E-state index contributed by atoms with van der Waals surface area (Å²) >= 11 is 0. The van der Waals surface area contributed by atoms with Crippen LogP contribution in [0.5, 0.6) is 0 Å². The van der Waals surface area contributed by atoms with Crippen molar-refractivity contribution in [3.05, 3.63) is 35.5 Å². The van der Waals surface area contributed by atoms with E-state index in [0.717, 1.165) is 23.4 Å². The molecule has 0 saturated carbocycles. The molecule has 0 fully saturated rings. The Morgan fingerprint density at radius 2 is 2.05 bits per heavy atom. The number of aryl methyl sites for hydroxylation is 1. The fourth-order valence-corrected chi connectivity index (χ4v) is 1.58. The first-order valence-electron chi connectivity index (χ1n) is 6.28. The lowest BCUT2D eigenvalue weighted by Crippen LogP contribution is -2.11. The zero-order chi connectivity index (χ0) is 15.0. The molecule has 5 nitrogen and oxygen atoms in total. The fraction of sp³-hybridized carbons (Fsp3) is 0.267. The summed E-state index contributed by atoms with van der Waals surface area (Å²) in [4.78, 5) is 11.5. The zero-order valence-corrected chi connectivity index (χ0v) is 11.5. The molecule has 0 aliphatic heterocycles. The van der Waals surface area contributed by atoms with Crippen LogP contribution in [-0.2, 0) is 4.79 Å². The average Bonchev–Trinajstić information content (AvgIpc) is 2.43. The van der Waals surface area contributed by atoms with Crippen molar-refractivity contribution in [2.75, 3.05) is 10.6 Å². The number of rotatable bonds is 5. The zero-order valence-electron chi connectivity index (χ0n) is 11.5. The van der Waals surface area contributed by atoms with Crippen LogP contribution in [0.3, 0.4) is 0 Å². The summed E-state index contributed by atoms with van der Waals surface area (Å²) < 4.78 is 0. The minimum Gasteiger partial charge on any atom is -0.360 e. The Hall–Kier alpha value is -2.79. The second-order valence-electron chi connectivity index (χ2n) is 4.25. The molecule has 0 unspecified atom stereocenters. The quantitative estimate of drug-likeness (QED) is 0.803. The molecule has 2 N–H and O–H groups in total. The molecule has 1 amide bonds. The van der Waals surface area contributed by atoms with Crippen molar-refractivity contribution in [1.82, 2.24) is 0 Å². The van der Waals surface area contributed by atoms with E-state index in [4.69, 9.17) is 10.5 Å². The number of amides is 1. The second kappa shape index (κ2) is 7.60. The van der Waals surface area contributed by atoms with Crippen LogP contribution in [0.15, 0.2) is 30.0 Å². The van der Waals surface area contributed by atoms with Gasteiger partial charge in [0.2, 0.25) is 5.91 Å². The Labute approximate surface area is 118 Å². The third kappa shape index (κ3) is 4.47. The van der Waals surface area contributed by atoms with E-state index in [1.165, 1.54) is 6.20 Å². The Morgan fingerprint density at radius 3 is 2.60 bits per heavy atom. The van der Waals surface area contributed by atoms with Gasteiger partial charge in [-0.25, -0.2) is 0 Å². The number of carbonyl (C=O) groups is 1. The summed E-state index contributed by atoms with van der Waals surface area (Å²) in [6, 6.07) is 8.94. The predicted octanol–water partition coefficient (Wildman–Crippen LogP) is 3.08. The molecule has 1 aromatic carbocycles. The maximum Gasteiger partial charge on any atom is 0.224 e. The Morgan fingerprint density at radius 1 is 1.35 bits per heavy atom. The van der Waals surface area contributed by atoms with Crippen LogP contribution in [0.2, 0.25) is 0 Å². The summed E-state index contributed by atoms with van der Waals surface area (Å²) in [6.45, 7) is 3.83. The third-order valence-corrected chi connectivity index (χ3v) is 2.60. The number of allylic oxidation sites excluding steroid dienone is 1. The van der Waals surface area contributed by atoms with Crippen molar-refractivity contribution in [3.63, 3.8) is 0 Å². The van der Waals surface area contributed by atoms with E-state index < -0.39 is 0 Å². The topological polar surface area (TPSA) is 88.7 Å². The van der Waals surface area contributed by atoms with Gasteiger partial charge < -0.3 is 10.6 Å². The lowest BCUT2D eigenvalue weighted by molar-refractivity contribution is -0.116. The maximum atomic E-state index is 11.5.